The summed E-state index contributed by atoms with van der Waals surface area (Å²) < 4.78 is 18.6. The van der Waals surface area contributed by atoms with Gasteiger partial charge in [0, 0.05) is 38.4 Å². The summed E-state index contributed by atoms with van der Waals surface area (Å²) in [4.78, 5) is 22.8. The number of carbonyl (C=O) groups is 1. The van der Waals surface area contributed by atoms with E-state index in [9.17, 15) is 9.00 Å². The number of benzene rings is 1. The van der Waals surface area contributed by atoms with Gasteiger partial charge in [0.15, 0.2) is 0 Å². The molecule has 0 aliphatic rings. The van der Waals surface area contributed by atoms with Crippen LogP contribution in [0.3, 0.4) is 0 Å². The number of aromatic nitrogens is 2. The Labute approximate surface area is 172 Å². The second-order valence-corrected chi connectivity index (χ2v) is 7.76. The van der Waals surface area contributed by atoms with Crippen LogP contribution in [0.2, 0.25) is 0 Å². The summed E-state index contributed by atoms with van der Waals surface area (Å²) in [6.07, 6.45) is 4.71. The highest BCUT2D eigenvalue weighted by molar-refractivity contribution is 7.84. The Morgan fingerprint density at radius 1 is 1.10 bits per heavy atom. The van der Waals surface area contributed by atoms with Crippen molar-refractivity contribution in [2.45, 2.75) is 10.8 Å². The van der Waals surface area contributed by atoms with Crippen molar-refractivity contribution < 1.29 is 13.7 Å². The molecule has 0 fully saturated rings. The third-order valence-electron chi connectivity index (χ3n) is 4.21. The molecule has 29 heavy (non-hydrogen) atoms. The van der Waals surface area contributed by atoms with Crippen LogP contribution in [-0.2, 0) is 16.6 Å². The van der Waals surface area contributed by atoms with Gasteiger partial charge in [0.1, 0.15) is 10.8 Å². The normalized spacial score (nSPS) is 11.6. The highest BCUT2D eigenvalue weighted by atomic mass is 32.2. The monoisotopic (exact) mass is 410 g/mol. The number of amides is 1. The molecule has 1 aromatic carbocycles. The molecule has 1 N–H and O–H groups in total. The molecule has 1 unspecified atom stereocenters. The Balaban J connectivity index is 1.89. The Morgan fingerprint density at radius 2 is 1.86 bits per heavy atom. The molecule has 150 valence electrons. The maximum Gasteiger partial charge on any atom is 0.258 e. The summed E-state index contributed by atoms with van der Waals surface area (Å²) in [7, 11) is 3.88. The van der Waals surface area contributed by atoms with Crippen LogP contribution in [-0.4, -0.2) is 41.3 Å². The van der Waals surface area contributed by atoms with E-state index in [1.165, 1.54) is 6.20 Å². The van der Waals surface area contributed by atoms with Gasteiger partial charge in [-0.25, -0.2) is 4.98 Å². The highest BCUT2D eigenvalue weighted by Gasteiger charge is 2.20. The third-order valence-corrected chi connectivity index (χ3v) is 5.54. The molecular weight excluding hydrogens is 388 g/mol. The third kappa shape index (κ3) is 4.78. The Morgan fingerprint density at radius 3 is 2.55 bits per heavy atom. The van der Waals surface area contributed by atoms with Crippen molar-refractivity contribution in [3.05, 3.63) is 72.2 Å². The second kappa shape index (κ2) is 9.29. The number of nitrogens with zero attached hydrogens (tertiary/aromatic N) is 3. The van der Waals surface area contributed by atoms with Crippen LogP contribution in [0, 0.1) is 0 Å². The average Bonchev–Trinajstić information content (AvgIpc) is 2.74. The van der Waals surface area contributed by atoms with E-state index in [-0.39, 0.29) is 22.2 Å². The van der Waals surface area contributed by atoms with Crippen LogP contribution >= 0.6 is 0 Å². The van der Waals surface area contributed by atoms with Crippen LogP contribution in [0.1, 0.15) is 15.9 Å². The summed E-state index contributed by atoms with van der Waals surface area (Å²) >= 11 is 0. The van der Waals surface area contributed by atoms with Gasteiger partial charge < -0.3 is 15.0 Å². The number of hydrogen-bond donors (Lipinski definition) is 1. The number of para-hydroxylation sites is 1. The molecular formula is C21H22N4O3S. The first kappa shape index (κ1) is 20.5. The topological polar surface area (TPSA) is 84.4 Å². The van der Waals surface area contributed by atoms with Gasteiger partial charge in [-0.3, -0.25) is 14.0 Å². The molecule has 0 spiro atoms. The Hall–Kier alpha value is -3.26. The van der Waals surface area contributed by atoms with Crippen LogP contribution in [0.15, 0.2) is 66.1 Å². The smallest absolute Gasteiger partial charge is 0.258 e. The quantitative estimate of drug-likeness (QED) is 0.644. The van der Waals surface area contributed by atoms with E-state index in [0.717, 1.165) is 11.3 Å². The lowest BCUT2D eigenvalue weighted by Gasteiger charge is -2.20. The van der Waals surface area contributed by atoms with Crippen molar-refractivity contribution in [3.63, 3.8) is 0 Å². The van der Waals surface area contributed by atoms with Gasteiger partial charge in [-0.15, -0.1) is 0 Å². The van der Waals surface area contributed by atoms with Gasteiger partial charge in [-0.1, -0.05) is 12.1 Å². The number of methoxy groups -OCH3 is 1. The predicted octanol–water partition coefficient (Wildman–Crippen LogP) is 3.11. The van der Waals surface area contributed by atoms with Crippen molar-refractivity contribution in [2.24, 2.45) is 0 Å². The molecule has 0 saturated carbocycles. The second-order valence-electron chi connectivity index (χ2n) is 6.40. The molecule has 8 heteroatoms. The van der Waals surface area contributed by atoms with Crippen LogP contribution in [0.5, 0.6) is 5.75 Å². The molecule has 0 bridgehead atoms. The number of ether oxygens (including phenoxy) is 1. The highest BCUT2D eigenvalue weighted by Crippen LogP contribution is 2.32. The number of nitrogens with one attached hydrogen (secondary N) is 1. The van der Waals surface area contributed by atoms with Gasteiger partial charge in [0.25, 0.3) is 5.91 Å². The maximum atomic E-state index is 13.2. The fourth-order valence-corrected chi connectivity index (χ4v) is 4.18. The van der Waals surface area contributed by atoms with E-state index in [1.807, 2.05) is 37.2 Å². The average molecular weight is 410 g/mol. The van der Waals surface area contributed by atoms with Crippen LogP contribution in [0.25, 0.3) is 0 Å². The van der Waals surface area contributed by atoms with E-state index in [4.69, 9.17) is 4.74 Å². The zero-order valence-corrected chi connectivity index (χ0v) is 17.3. The van der Waals surface area contributed by atoms with E-state index in [0.29, 0.717) is 11.4 Å². The zero-order valence-electron chi connectivity index (χ0n) is 16.5. The van der Waals surface area contributed by atoms with Crippen molar-refractivity contribution in [3.8, 4) is 5.75 Å². The maximum absolute atomic E-state index is 13.2. The molecule has 1 atom stereocenters. The van der Waals surface area contributed by atoms with Crippen molar-refractivity contribution in [1.29, 1.82) is 0 Å². The predicted molar refractivity (Wildman–Crippen MR) is 114 cm³/mol. The minimum atomic E-state index is -1.53. The first-order valence-electron chi connectivity index (χ1n) is 8.89. The number of hydrogen-bond acceptors (Lipinski definition) is 6. The standard InChI is InChI=1S/C21H22N4O3S/c1-25(2)19-15(6-4-8-18(19)28-3)14-29(27)21-17(7-5-11-23-21)20(26)24-16-9-12-22-13-10-16/h4-13H,14H2,1-3H3,(H,22,24,26). The van der Waals surface area contributed by atoms with Gasteiger partial charge >= 0.3 is 0 Å². The molecule has 0 radical (unpaired) electrons. The fourth-order valence-electron chi connectivity index (χ4n) is 2.94. The van der Waals surface area contributed by atoms with Gasteiger partial charge in [0.2, 0.25) is 0 Å². The molecule has 3 rings (SSSR count). The SMILES string of the molecule is COc1cccc(CS(=O)c2ncccc2C(=O)Nc2ccncc2)c1N(C)C. The Kier molecular flexibility index (Phi) is 6.56. The number of carbonyl (C=O) groups excluding carboxylic acids is 1. The zero-order chi connectivity index (χ0) is 20.8. The first-order chi connectivity index (χ1) is 14.0. The molecule has 3 aromatic rings. The minimum Gasteiger partial charge on any atom is -0.495 e. The fraction of sp³-hybridized carbons (Fsp3) is 0.190. The largest absolute Gasteiger partial charge is 0.495 e. The summed E-state index contributed by atoms with van der Waals surface area (Å²) in [5.74, 6) is 0.532. The molecule has 0 saturated heterocycles. The number of anilines is 2. The molecule has 1 amide bonds. The van der Waals surface area contributed by atoms with Crippen LogP contribution in [0.4, 0.5) is 11.4 Å². The lowest BCUT2D eigenvalue weighted by atomic mass is 10.1. The first-order valence-corrected chi connectivity index (χ1v) is 10.2. The van der Waals surface area contributed by atoms with Crippen molar-refractivity contribution in [1.82, 2.24) is 9.97 Å². The molecule has 2 aromatic heterocycles. The Bertz CT molecular complexity index is 1030. The van der Waals surface area contributed by atoms with Crippen LogP contribution < -0.4 is 15.0 Å². The lowest BCUT2D eigenvalue weighted by Crippen LogP contribution is -2.17. The van der Waals surface area contributed by atoms with Gasteiger partial charge in [0.05, 0.1) is 34.9 Å². The summed E-state index contributed by atoms with van der Waals surface area (Å²) in [6, 6.07) is 12.3. The number of rotatable bonds is 7. The van der Waals surface area contributed by atoms with E-state index >= 15 is 0 Å². The molecule has 7 nitrogen and oxygen atoms in total. The molecule has 2 heterocycles. The molecule has 0 aliphatic carbocycles. The van der Waals surface area contributed by atoms with Gasteiger partial charge in [-0.05, 0) is 35.9 Å². The molecule has 0 aliphatic heterocycles. The summed E-state index contributed by atoms with van der Waals surface area (Å²) in [6.45, 7) is 0. The van der Waals surface area contributed by atoms with E-state index < -0.39 is 10.8 Å². The summed E-state index contributed by atoms with van der Waals surface area (Å²) in [5.41, 5.74) is 2.58. The minimum absolute atomic E-state index is 0.206. The van der Waals surface area contributed by atoms with E-state index in [1.54, 1.807) is 43.8 Å². The van der Waals surface area contributed by atoms with Gasteiger partial charge in [-0.2, -0.15) is 0 Å². The lowest BCUT2D eigenvalue weighted by molar-refractivity contribution is 0.102. The summed E-state index contributed by atoms with van der Waals surface area (Å²) in [5, 5.41) is 3.03. The van der Waals surface area contributed by atoms with Crippen molar-refractivity contribution in [2.75, 3.05) is 31.4 Å². The number of pyridine rings is 2. The van der Waals surface area contributed by atoms with Crippen molar-refractivity contribution >= 4 is 28.1 Å². The van der Waals surface area contributed by atoms with E-state index in [2.05, 4.69) is 15.3 Å².